The van der Waals surface area contributed by atoms with E-state index in [1.54, 1.807) is 0 Å². The van der Waals surface area contributed by atoms with E-state index < -0.39 is 36.6 Å². The zero-order valence-corrected chi connectivity index (χ0v) is 16.6. The second-order valence-corrected chi connectivity index (χ2v) is 7.93. The van der Waals surface area contributed by atoms with Crippen LogP contribution in [0.25, 0.3) is 0 Å². The molecule has 0 radical (unpaired) electrons. The maximum Gasteiger partial charge on any atom is 0.346 e. The summed E-state index contributed by atoms with van der Waals surface area (Å²) in [5.74, 6) is -3.67. The van der Waals surface area contributed by atoms with Gasteiger partial charge in [-0.05, 0) is 30.9 Å². The van der Waals surface area contributed by atoms with Crippen LogP contribution in [0.15, 0.2) is 23.0 Å². The van der Waals surface area contributed by atoms with Crippen molar-refractivity contribution >= 4 is 11.6 Å². The second kappa shape index (κ2) is 9.03. The molecule has 0 N–H and O–H groups in total. The molecule has 3 rings (SSSR count). The third kappa shape index (κ3) is 5.19. The molecule has 1 saturated carbocycles. The molecular weight excluding hydrogens is 436 g/mol. The molecule has 1 unspecified atom stereocenters. The van der Waals surface area contributed by atoms with Crippen LogP contribution in [0.5, 0.6) is 0 Å². The Hall–Kier alpha value is -1.97. The summed E-state index contributed by atoms with van der Waals surface area (Å²) in [5.41, 5.74) is -0.809. The highest BCUT2D eigenvalue weighted by Gasteiger charge is 2.35. The van der Waals surface area contributed by atoms with Gasteiger partial charge in [0.1, 0.15) is 11.6 Å². The van der Waals surface area contributed by atoms with Gasteiger partial charge in [0, 0.05) is 36.4 Å². The lowest BCUT2D eigenvalue weighted by atomic mass is 9.86. The molecule has 0 saturated heterocycles. The normalized spacial score (nSPS) is 18.1. The molecule has 4 nitrogen and oxygen atoms in total. The quantitative estimate of drug-likeness (QED) is 0.560. The van der Waals surface area contributed by atoms with E-state index in [-0.39, 0.29) is 61.0 Å². The Morgan fingerprint density at radius 1 is 1.20 bits per heavy atom. The number of hydrogen-bond donors (Lipinski definition) is 0. The molecule has 11 heteroatoms. The second-order valence-electron chi connectivity index (χ2n) is 7.52. The summed E-state index contributed by atoms with van der Waals surface area (Å²) in [4.78, 5) is 12.7. The van der Waals surface area contributed by atoms with Gasteiger partial charge in [-0.3, -0.25) is 4.57 Å². The number of nitrogens with zero attached hydrogens (tertiary/aromatic N) is 3. The van der Waals surface area contributed by atoms with E-state index >= 15 is 0 Å². The average Bonchev–Trinajstić information content (AvgIpc) is 2.95. The van der Waals surface area contributed by atoms with Crippen LogP contribution in [0.4, 0.5) is 26.3 Å². The van der Waals surface area contributed by atoms with Gasteiger partial charge in [-0.1, -0.05) is 17.7 Å². The minimum atomic E-state index is -3.30. The lowest BCUT2D eigenvalue weighted by Crippen LogP contribution is -2.33. The minimum absolute atomic E-state index is 0.00193. The summed E-state index contributed by atoms with van der Waals surface area (Å²) in [6.07, 6.45) is -6.47. The molecule has 166 valence electrons. The summed E-state index contributed by atoms with van der Waals surface area (Å²) in [7, 11) is 0. The molecule has 0 bridgehead atoms. The van der Waals surface area contributed by atoms with Crippen molar-refractivity contribution in [1.29, 1.82) is 0 Å². The highest BCUT2D eigenvalue weighted by Crippen LogP contribution is 2.36. The predicted molar refractivity (Wildman–Crippen MR) is 98.5 cm³/mol. The summed E-state index contributed by atoms with van der Waals surface area (Å²) < 4.78 is 81.4. The number of alkyl halides is 5. The van der Waals surface area contributed by atoms with Crippen molar-refractivity contribution < 1.29 is 26.3 Å². The summed E-state index contributed by atoms with van der Waals surface area (Å²) in [5, 5.41) is 4.00. The monoisotopic (exact) mass is 455 g/mol. The van der Waals surface area contributed by atoms with Crippen molar-refractivity contribution in [3.8, 4) is 0 Å². The van der Waals surface area contributed by atoms with Crippen molar-refractivity contribution in [2.24, 2.45) is 5.92 Å². The molecule has 1 heterocycles. The fourth-order valence-electron chi connectivity index (χ4n) is 3.56. The van der Waals surface area contributed by atoms with Crippen LogP contribution in [-0.4, -0.2) is 32.9 Å². The predicted octanol–water partition coefficient (Wildman–Crippen LogP) is 4.86. The SMILES string of the molecule is O=c1n(CC(F)C(F)F)nc(Cc2c(F)cccc2Cl)n1CC1CCC(F)(F)CC1. The maximum atomic E-state index is 14.2. The van der Waals surface area contributed by atoms with Gasteiger partial charge in [0.05, 0.1) is 6.54 Å². The summed E-state index contributed by atoms with van der Waals surface area (Å²) in [6, 6.07) is 4.00. The Kier molecular flexibility index (Phi) is 6.84. The van der Waals surface area contributed by atoms with E-state index in [0.29, 0.717) is 4.68 Å². The number of benzene rings is 1. The minimum Gasteiger partial charge on any atom is -0.278 e. The van der Waals surface area contributed by atoms with Crippen LogP contribution in [-0.2, 0) is 19.5 Å². The zero-order chi connectivity index (χ0) is 22.1. The number of hydrogen-bond acceptors (Lipinski definition) is 2. The fraction of sp³-hybridized carbons (Fsp3) is 0.579. The fourth-order valence-corrected chi connectivity index (χ4v) is 3.79. The number of rotatable bonds is 7. The molecule has 0 aliphatic heterocycles. The molecule has 2 aromatic rings. The van der Waals surface area contributed by atoms with E-state index in [9.17, 15) is 31.1 Å². The first kappa shape index (κ1) is 22.7. The third-order valence-electron chi connectivity index (χ3n) is 5.29. The van der Waals surface area contributed by atoms with E-state index in [4.69, 9.17) is 11.6 Å². The maximum absolute atomic E-state index is 14.2. The topological polar surface area (TPSA) is 39.8 Å². The molecule has 1 aliphatic carbocycles. The van der Waals surface area contributed by atoms with Crippen LogP contribution in [0.3, 0.4) is 0 Å². The zero-order valence-electron chi connectivity index (χ0n) is 15.8. The van der Waals surface area contributed by atoms with Gasteiger partial charge in [-0.25, -0.2) is 35.8 Å². The Labute approximate surface area is 173 Å². The highest BCUT2D eigenvalue weighted by atomic mass is 35.5. The van der Waals surface area contributed by atoms with Crippen molar-refractivity contribution in [3.05, 3.63) is 50.9 Å². The lowest BCUT2D eigenvalue weighted by molar-refractivity contribution is -0.0474. The van der Waals surface area contributed by atoms with E-state index in [1.807, 2.05) is 0 Å². The van der Waals surface area contributed by atoms with Gasteiger partial charge in [0.25, 0.3) is 6.43 Å². The molecule has 1 aromatic heterocycles. The van der Waals surface area contributed by atoms with Crippen LogP contribution in [0.1, 0.15) is 37.1 Å². The molecule has 0 spiro atoms. The van der Waals surface area contributed by atoms with Gasteiger partial charge >= 0.3 is 5.69 Å². The Morgan fingerprint density at radius 2 is 1.87 bits per heavy atom. The molecule has 1 atom stereocenters. The van der Waals surface area contributed by atoms with Gasteiger partial charge in [-0.2, -0.15) is 5.10 Å². The van der Waals surface area contributed by atoms with Gasteiger partial charge in [-0.15, -0.1) is 0 Å². The molecule has 0 amide bonds. The first-order chi connectivity index (χ1) is 14.1. The molecule has 1 aliphatic rings. The summed E-state index contributed by atoms with van der Waals surface area (Å²) >= 11 is 6.02. The van der Waals surface area contributed by atoms with Crippen LogP contribution < -0.4 is 5.69 Å². The van der Waals surface area contributed by atoms with Crippen LogP contribution in [0, 0.1) is 11.7 Å². The molecular formula is C19H20ClF6N3O. The van der Waals surface area contributed by atoms with Crippen LogP contribution in [0.2, 0.25) is 5.02 Å². The highest BCUT2D eigenvalue weighted by molar-refractivity contribution is 6.31. The third-order valence-corrected chi connectivity index (χ3v) is 5.65. The van der Waals surface area contributed by atoms with Crippen molar-refractivity contribution in [1.82, 2.24) is 14.3 Å². The van der Waals surface area contributed by atoms with Crippen molar-refractivity contribution in [3.63, 3.8) is 0 Å². The summed E-state index contributed by atoms with van der Waals surface area (Å²) in [6.45, 7) is -0.966. The first-order valence-corrected chi connectivity index (χ1v) is 9.84. The number of aromatic nitrogens is 3. The van der Waals surface area contributed by atoms with Crippen LogP contribution >= 0.6 is 11.6 Å². The molecule has 30 heavy (non-hydrogen) atoms. The Morgan fingerprint density at radius 3 is 2.47 bits per heavy atom. The van der Waals surface area contributed by atoms with Crippen molar-refractivity contribution in [2.45, 2.75) is 63.7 Å². The standard InChI is InChI=1S/C19H20ClF6N3O/c20-13-2-1-3-14(21)12(13)8-16-27-29(10-15(22)17(23)24)18(30)28(16)9-11-4-6-19(25,26)7-5-11/h1-3,11,15,17H,4-10H2. The lowest BCUT2D eigenvalue weighted by Gasteiger charge is -2.28. The van der Waals surface area contributed by atoms with Crippen molar-refractivity contribution in [2.75, 3.05) is 0 Å². The van der Waals surface area contributed by atoms with E-state index in [0.717, 1.165) is 10.6 Å². The molecule has 1 fully saturated rings. The van der Waals surface area contributed by atoms with Gasteiger partial charge in [0.2, 0.25) is 5.92 Å². The van der Waals surface area contributed by atoms with Gasteiger partial charge < -0.3 is 0 Å². The largest absolute Gasteiger partial charge is 0.346 e. The smallest absolute Gasteiger partial charge is 0.278 e. The van der Waals surface area contributed by atoms with E-state index in [1.165, 1.54) is 12.1 Å². The number of halogens is 7. The first-order valence-electron chi connectivity index (χ1n) is 9.47. The Bertz CT molecular complexity index is 915. The van der Waals surface area contributed by atoms with E-state index in [2.05, 4.69) is 5.10 Å². The molecule has 1 aromatic carbocycles. The average molecular weight is 456 g/mol. The van der Waals surface area contributed by atoms with Gasteiger partial charge in [0.15, 0.2) is 6.17 Å². The Balaban J connectivity index is 1.92.